The minimum absolute atomic E-state index is 0.0238. The SMILES string of the molecule is COC(=O)C1(C(=O)OC)C[C@H]2CC(=O)C=C(C)[C@H]2C1. The van der Waals surface area contributed by atoms with Crippen molar-refractivity contribution in [3.63, 3.8) is 0 Å². The topological polar surface area (TPSA) is 69.7 Å². The van der Waals surface area contributed by atoms with Gasteiger partial charge in [0.15, 0.2) is 11.2 Å². The first kappa shape index (κ1) is 13.8. The van der Waals surface area contributed by atoms with Gasteiger partial charge >= 0.3 is 11.9 Å². The summed E-state index contributed by atoms with van der Waals surface area (Å²) in [6.45, 7) is 1.87. The summed E-state index contributed by atoms with van der Waals surface area (Å²) in [4.78, 5) is 35.7. The van der Waals surface area contributed by atoms with Crippen LogP contribution in [0.1, 0.15) is 26.2 Å². The second kappa shape index (κ2) is 4.79. The van der Waals surface area contributed by atoms with Crippen molar-refractivity contribution in [2.75, 3.05) is 14.2 Å². The van der Waals surface area contributed by atoms with E-state index in [1.807, 2.05) is 6.92 Å². The van der Waals surface area contributed by atoms with Crippen LogP contribution in [0.15, 0.2) is 11.6 Å². The van der Waals surface area contributed by atoms with Gasteiger partial charge in [0.1, 0.15) is 0 Å². The maximum Gasteiger partial charge on any atom is 0.323 e. The number of ketones is 1. The Labute approximate surface area is 111 Å². The molecule has 0 bridgehead atoms. The fourth-order valence-corrected chi connectivity index (χ4v) is 3.45. The Bertz CT molecular complexity index is 446. The third-order valence-electron chi connectivity index (χ3n) is 4.34. The lowest BCUT2D eigenvalue weighted by atomic mass is 9.81. The number of methoxy groups -OCH3 is 2. The molecule has 0 N–H and O–H groups in total. The van der Waals surface area contributed by atoms with Crippen LogP contribution in [0, 0.1) is 17.3 Å². The highest BCUT2D eigenvalue weighted by Gasteiger charge is 2.58. The summed E-state index contributed by atoms with van der Waals surface area (Å²) in [5, 5.41) is 0. The molecule has 0 amide bonds. The molecule has 5 nitrogen and oxygen atoms in total. The number of rotatable bonds is 2. The molecule has 2 atom stereocenters. The normalized spacial score (nSPS) is 28.4. The van der Waals surface area contributed by atoms with Crippen LogP contribution in [0.3, 0.4) is 0 Å². The standard InChI is InChI=1S/C14H18O5/c1-8-4-10(15)5-9-6-14(7-11(8)9,12(16)18-2)13(17)19-3/h4,9,11H,5-7H2,1-3H3/t9-,11-/m1/s1. The zero-order valence-electron chi connectivity index (χ0n) is 11.4. The van der Waals surface area contributed by atoms with Gasteiger partial charge in [-0.05, 0) is 37.7 Å². The zero-order chi connectivity index (χ0) is 14.2. The summed E-state index contributed by atoms with van der Waals surface area (Å²) in [5.41, 5.74) is -0.311. The predicted molar refractivity (Wildman–Crippen MR) is 66.1 cm³/mol. The van der Waals surface area contributed by atoms with Gasteiger partial charge in [-0.1, -0.05) is 5.57 Å². The molecular formula is C14H18O5. The Balaban J connectivity index is 2.36. The van der Waals surface area contributed by atoms with Crippen molar-refractivity contribution in [2.24, 2.45) is 17.3 Å². The largest absolute Gasteiger partial charge is 0.468 e. The average molecular weight is 266 g/mol. The van der Waals surface area contributed by atoms with E-state index in [-0.39, 0.29) is 17.6 Å². The summed E-state index contributed by atoms with van der Waals surface area (Å²) >= 11 is 0. The van der Waals surface area contributed by atoms with E-state index in [1.54, 1.807) is 6.08 Å². The molecule has 0 aromatic heterocycles. The Morgan fingerprint density at radius 1 is 1.21 bits per heavy atom. The van der Waals surface area contributed by atoms with Crippen LogP contribution in [-0.4, -0.2) is 31.9 Å². The molecule has 104 valence electrons. The van der Waals surface area contributed by atoms with E-state index < -0.39 is 17.4 Å². The number of carbonyl (C=O) groups excluding carboxylic acids is 3. The van der Waals surface area contributed by atoms with Crippen LogP contribution in [-0.2, 0) is 23.9 Å². The molecule has 1 fully saturated rings. The highest BCUT2D eigenvalue weighted by Crippen LogP contribution is 2.52. The summed E-state index contributed by atoms with van der Waals surface area (Å²) in [7, 11) is 2.53. The highest BCUT2D eigenvalue weighted by molar-refractivity contribution is 6.01. The van der Waals surface area contributed by atoms with E-state index in [9.17, 15) is 14.4 Å². The highest BCUT2D eigenvalue weighted by atomic mass is 16.5. The predicted octanol–water partition coefficient (Wildman–Crippen LogP) is 1.26. The van der Waals surface area contributed by atoms with Crippen molar-refractivity contribution in [2.45, 2.75) is 26.2 Å². The molecule has 0 aromatic carbocycles. The van der Waals surface area contributed by atoms with Crippen molar-refractivity contribution in [3.8, 4) is 0 Å². The number of ether oxygens (including phenoxy) is 2. The van der Waals surface area contributed by atoms with Crippen LogP contribution < -0.4 is 0 Å². The zero-order valence-corrected chi connectivity index (χ0v) is 11.4. The first-order valence-corrected chi connectivity index (χ1v) is 6.32. The molecule has 2 rings (SSSR count). The smallest absolute Gasteiger partial charge is 0.323 e. The van der Waals surface area contributed by atoms with Crippen molar-refractivity contribution >= 4 is 17.7 Å². The van der Waals surface area contributed by atoms with E-state index in [0.29, 0.717) is 19.3 Å². The van der Waals surface area contributed by atoms with E-state index >= 15 is 0 Å². The molecule has 5 heteroatoms. The van der Waals surface area contributed by atoms with Crippen molar-refractivity contribution in [3.05, 3.63) is 11.6 Å². The fraction of sp³-hybridized carbons (Fsp3) is 0.643. The summed E-state index contributed by atoms with van der Waals surface area (Å²) in [5.74, 6) is -0.959. The fourth-order valence-electron chi connectivity index (χ4n) is 3.45. The van der Waals surface area contributed by atoms with Gasteiger partial charge in [0.2, 0.25) is 0 Å². The van der Waals surface area contributed by atoms with Gasteiger partial charge in [-0.2, -0.15) is 0 Å². The quantitative estimate of drug-likeness (QED) is 0.556. The molecule has 0 radical (unpaired) electrons. The summed E-state index contributed by atoms with van der Waals surface area (Å²) in [6.07, 6.45) is 2.70. The lowest BCUT2D eigenvalue weighted by Gasteiger charge is -2.23. The minimum atomic E-state index is -1.25. The molecule has 0 aliphatic heterocycles. The first-order chi connectivity index (χ1) is 8.94. The molecule has 2 aliphatic rings. The lowest BCUT2D eigenvalue weighted by molar-refractivity contribution is -0.169. The Hall–Kier alpha value is -1.65. The molecule has 2 aliphatic carbocycles. The van der Waals surface area contributed by atoms with Gasteiger partial charge in [0.05, 0.1) is 14.2 Å². The molecule has 0 aromatic rings. The van der Waals surface area contributed by atoms with Gasteiger partial charge in [-0.3, -0.25) is 14.4 Å². The van der Waals surface area contributed by atoms with Gasteiger partial charge in [-0.15, -0.1) is 0 Å². The summed E-state index contributed by atoms with van der Waals surface area (Å²) < 4.78 is 9.57. The molecular weight excluding hydrogens is 248 g/mol. The number of allylic oxidation sites excluding steroid dienone is 2. The third kappa shape index (κ3) is 2.07. The van der Waals surface area contributed by atoms with Gasteiger partial charge < -0.3 is 9.47 Å². The van der Waals surface area contributed by atoms with E-state index in [1.165, 1.54) is 14.2 Å². The molecule has 0 saturated heterocycles. The molecule has 0 unspecified atom stereocenters. The van der Waals surface area contributed by atoms with Crippen LogP contribution in [0.25, 0.3) is 0 Å². The van der Waals surface area contributed by atoms with Gasteiger partial charge in [0.25, 0.3) is 0 Å². The lowest BCUT2D eigenvalue weighted by Crippen LogP contribution is -2.39. The van der Waals surface area contributed by atoms with Crippen LogP contribution >= 0.6 is 0 Å². The van der Waals surface area contributed by atoms with E-state index in [2.05, 4.69) is 0 Å². The third-order valence-corrected chi connectivity index (χ3v) is 4.34. The summed E-state index contributed by atoms with van der Waals surface area (Å²) in [6, 6.07) is 0. The van der Waals surface area contributed by atoms with Crippen molar-refractivity contribution < 1.29 is 23.9 Å². The van der Waals surface area contributed by atoms with Crippen molar-refractivity contribution in [1.82, 2.24) is 0 Å². The number of esters is 2. The second-order valence-corrected chi connectivity index (χ2v) is 5.40. The van der Waals surface area contributed by atoms with Crippen LogP contribution in [0.2, 0.25) is 0 Å². The average Bonchev–Trinajstić information content (AvgIpc) is 2.77. The maximum atomic E-state index is 12.0. The van der Waals surface area contributed by atoms with Crippen molar-refractivity contribution in [1.29, 1.82) is 0 Å². The van der Waals surface area contributed by atoms with Crippen LogP contribution in [0.5, 0.6) is 0 Å². The minimum Gasteiger partial charge on any atom is -0.468 e. The van der Waals surface area contributed by atoms with Gasteiger partial charge in [0, 0.05) is 6.42 Å². The Morgan fingerprint density at radius 2 is 1.79 bits per heavy atom. The number of hydrogen-bond donors (Lipinski definition) is 0. The molecule has 0 heterocycles. The van der Waals surface area contributed by atoms with E-state index in [0.717, 1.165) is 5.57 Å². The number of hydrogen-bond acceptors (Lipinski definition) is 5. The number of fused-ring (bicyclic) bond motifs is 1. The monoisotopic (exact) mass is 266 g/mol. The number of carbonyl (C=O) groups is 3. The second-order valence-electron chi connectivity index (χ2n) is 5.40. The Morgan fingerprint density at radius 3 is 2.32 bits per heavy atom. The molecule has 19 heavy (non-hydrogen) atoms. The first-order valence-electron chi connectivity index (χ1n) is 6.32. The molecule has 1 saturated carbocycles. The Kier molecular flexibility index (Phi) is 3.47. The molecule has 0 spiro atoms. The van der Waals surface area contributed by atoms with Gasteiger partial charge in [-0.25, -0.2) is 0 Å². The van der Waals surface area contributed by atoms with Crippen LogP contribution in [0.4, 0.5) is 0 Å². The van der Waals surface area contributed by atoms with E-state index in [4.69, 9.17) is 9.47 Å². The maximum absolute atomic E-state index is 12.0.